The predicted octanol–water partition coefficient (Wildman–Crippen LogP) is 3.58. The Hall–Kier alpha value is -1.82. The van der Waals surface area contributed by atoms with E-state index in [1.54, 1.807) is 11.3 Å². The summed E-state index contributed by atoms with van der Waals surface area (Å²) in [6.45, 7) is 5.78. The van der Waals surface area contributed by atoms with Crippen molar-refractivity contribution in [3.8, 4) is 0 Å². The molecule has 1 aliphatic heterocycles. The highest BCUT2D eigenvalue weighted by Crippen LogP contribution is 2.24. The summed E-state index contributed by atoms with van der Waals surface area (Å²) in [5.74, 6) is 1.00. The number of aromatic nitrogens is 2. The van der Waals surface area contributed by atoms with E-state index in [2.05, 4.69) is 33.2 Å². The van der Waals surface area contributed by atoms with E-state index >= 15 is 0 Å². The summed E-state index contributed by atoms with van der Waals surface area (Å²) in [6, 6.07) is 4.55. The minimum absolute atomic E-state index is 0.0607. The highest BCUT2D eigenvalue weighted by molar-refractivity contribution is 7.10. The van der Waals surface area contributed by atoms with Crippen LogP contribution in [0.15, 0.2) is 29.9 Å². The van der Waals surface area contributed by atoms with Crippen LogP contribution in [0.4, 0.5) is 4.79 Å². The quantitative estimate of drug-likeness (QED) is 0.910. The number of urea groups is 1. The third-order valence-corrected chi connectivity index (χ3v) is 5.55. The number of nitrogens with zero attached hydrogens (tertiary/aromatic N) is 3. The zero-order chi connectivity index (χ0) is 16.2. The van der Waals surface area contributed by atoms with Gasteiger partial charge in [-0.3, -0.25) is 0 Å². The number of aryl methyl sites for hydroxylation is 1. The Morgan fingerprint density at radius 1 is 1.57 bits per heavy atom. The number of carbonyl (C=O) groups is 1. The van der Waals surface area contributed by atoms with Gasteiger partial charge in [0, 0.05) is 30.4 Å². The number of hydrogen-bond acceptors (Lipinski definition) is 3. The molecular weight excluding hydrogens is 308 g/mol. The Kier molecular flexibility index (Phi) is 5.00. The SMILES string of the molecule is CC[C@H](NC(=O)N1CCC[C@@H]1Cn1ccnc1C)c1cccs1. The normalized spacial score (nSPS) is 19.0. The molecule has 2 atom stereocenters. The van der Waals surface area contributed by atoms with Gasteiger partial charge in [-0.15, -0.1) is 11.3 Å². The molecule has 0 aliphatic carbocycles. The Bertz CT molecular complexity index is 637. The van der Waals surface area contributed by atoms with Crippen LogP contribution in [-0.2, 0) is 6.54 Å². The number of nitrogens with one attached hydrogen (secondary N) is 1. The van der Waals surface area contributed by atoms with Gasteiger partial charge in [-0.05, 0) is 37.6 Å². The monoisotopic (exact) mass is 332 g/mol. The number of thiophene rings is 1. The van der Waals surface area contributed by atoms with Crippen molar-refractivity contribution in [2.45, 2.75) is 51.7 Å². The van der Waals surface area contributed by atoms with Gasteiger partial charge < -0.3 is 14.8 Å². The van der Waals surface area contributed by atoms with Crippen molar-refractivity contribution in [3.63, 3.8) is 0 Å². The van der Waals surface area contributed by atoms with Crippen LogP contribution in [0.5, 0.6) is 0 Å². The van der Waals surface area contributed by atoms with Crippen molar-refractivity contribution in [1.82, 2.24) is 19.8 Å². The molecule has 1 saturated heterocycles. The van der Waals surface area contributed by atoms with E-state index < -0.39 is 0 Å². The standard InChI is InChI=1S/C17H24N4OS/c1-3-15(16-7-5-11-23-16)19-17(22)21-9-4-6-14(21)12-20-10-8-18-13(20)2/h5,7-8,10-11,14-15H,3-4,6,9,12H2,1-2H3,(H,19,22)/t14-,15+/m1/s1. The zero-order valence-electron chi connectivity index (χ0n) is 13.7. The van der Waals surface area contributed by atoms with Crippen molar-refractivity contribution in [3.05, 3.63) is 40.6 Å². The molecule has 0 spiro atoms. The van der Waals surface area contributed by atoms with Crippen LogP contribution in [0, 0.1) is 6.92 Å². The molecule has 0 bridgehead atoms. The van der Waals surface area contributed by atoms with Crippen LogP contribution in [-0.4, -0.2) is 33.1 Å². The minimum Gasteiger partial charge on any atom is -0.333 e. The van der Waals surface area contributed by atoms with Gasteiger partial charge in [0.1, 0.15) is 5.82 Å². The first-order valence-electron chi connectivity index (χ1n) is 8.27. The van der Waals surface area contributed by atoms with E-state index in [1.807, 2.05) is 30.3 Å². The third-order valence-electron chi connectivity index (χ3n) is 4.56. The van der Waals surface area contributed by atoms with Crippen molar-refractivity contribution in [2.24, 2.45) is 0 Å². The maximum absolute atomic E-state index is 12.7. The average Bonchev–Trinajstić information content (AvgIpc) is 3.28. The lowest BCUT2D eigenvalue weighted by Crippen LogP contribution is -2.45. The summed E-state index contributed by atoms with van der Waals surface area (Å²) in [4.78, 5) is 20.2. The Morgan fingerprint density at radius 3 is 3.09 bits per heavy atom. The molecule has 2 aromatic rings. The topological polar surface area (TPSA) is 50.2 Å². The van der Waals surface area contributed by atoms with E-state index in [9.17, 15) is 4.79 Å². The van der Waals surface area contributed by atoms with E-state index in [0.717, 1.165) is 38.2 Å². The first-order chi connectivity index (χ1) is 11.2. The molecule has 124 valence electrons. The fraction of sp³-hybridized carbons (Fsp3) is 0.529. The molecule has 5 nitrogen and oxygen atoms in total. The van der Waals surface area contributed by atoms with Crippen LogP contribution in [0.25, 0.3) is 0 Å². The van der Waals surface area contributed by atoms with Gasteiger partial charge in [0.25, 0.3) is 0 Å². The summed E-state index contributed by atoms with van der Waals surface area (Å²) in [6.07, 6.45) is 6.84. The molecule has 0 radical (unpaired) electrons. The van der Waals surface area contributed by atoms with Gasteiger partial charge in [-0.25, -0.2) is 9.78 Å². The van der Waals surface area contributed by atoms with E-state index in [0.29, 0.717) is 0 Å². The Morgan fingerprint density at radius 2 is 2.43 bits per heavy atom. The average molecular weight is 332 g/mol. The second-order valence-electron chi connectivity index (χ2n) is 6.04. The van der Waals surface area contributed by atoms with E-state index in [4.69, 9.17) is 0 Å². The molecule has 23 heavy (non-hydrogen) atoms. The lowest BCUT2D eigenvalue weighted by Gasteiger charge is -2.28. The molecule has 2 amide bonds. The second-order valence-corrected chi connectivity index (χ2v) is 7.02. The molecule has 2 aromatic heterocycles. The fourth-order valence-electron chi connectivity index (χ4n) is 3.21. The molecule has 1 fully saturated rings. The van der Waals surface area contributed by atoms with Crippen LogP contribution >= 0.6 is 11.3 Å². The molecule has 1 aliphatic rings. The van der Waals surface area contributed by atoms with Crippen LogP contribution in [0.2, 0.25) is 0 Å². The number of imidazole rings is 1. The van der Waals surface area contributed by atoms with E-state index in [-0.39, 0.29) is 18.1 Å². The lowest BCUT2D eigenvalue weighted by molar-refractivity contribution is 0.183. The predicted molar refractivity (Wildman–Crippen MR) is 92.6 cm³/mol. The van der Waals surface area contributed by atoms with E-state index in [1.165, 1.54) is 4.88 Å². The van der Waals surface area contributed by atoms with Crippen LogP contribution in [0.3, 0.4) is 0 Å². The number of likely N-dealkylation sites (tertiary alicyclic amines) is 1. The van der Waals surface area contributed by atoms with Crippen molar-refractivity contribution < 1.29 is 4.79 Å². The smallest absolute Gasteiger partial charge is 0.318 e. The van der Waals surface area contributed by atoms with Gasteiger partial charge in [0.05, 0.1) is 12.1 Å². The molecular formula is C17H24N4OS. The summed E-state index contributed by atoms with van der Waals surface area (Å²) in [7, 11) is 0. The number of carbonyl (C=O) groups excluding carboxylic acids is 1. The van der Waals surface area contributed by atoms with Gasteiger partial charge in [0.15, 0.2) is 0 Å². The van der Waals surface area contributed by atoms with Crippen molar-refractivity contribution >= 4 is 17.4 Å². The highest BCUT2D eigenvalue weighted by atomic mass is 32.1. The summed E-state index contributed by atoms with van der Waals surface area (Å²) < 4.78 is 2.13. The van der Waals surface area contributed by atoms with Gasteiger partial charge in [-0.1, -0.05) is 13.0 Å². The summed E-state index contributed by atoms with van der Waals surface area (Å²) >= 11 is 1.70. The van der Waals surface area contributed by atoms with Crippen molar-refractivity contribution in [1.29, 1.82) is 0 Å². The van der Waals surface area contributed by atoms with Crippen molar-refractivity contribution in [2.75, 3.05) is 6.54 Å². The molecule has 1 N–H and O–H groups in total. The van der Waals surface area contributed by atoms with Crippen LogP contribution < -0.4 is 5.32 Å². The fourth-order valence-corrected chi connectivity index (χ4v) is 4.07. The molecule has 0 aromatic carbocycles. The molecule has 0 unspecified atom stereocenters. The van der Waals surface area contributed by atoms with Gasteiger partial charge in [-0.2, -0.15) is 0 Å². The summed E-state index contributed by atoms with van der Waals surface area (Å²) in [5.41, 5.74) is 0. The largest absolute Gasteiger partial charge is 0.333 e. The Labute approximate surface area is 141 Å². The van der Waals surface area contributed by atoms with Gasteiger partial charge >= 0.3 is 6.03 Å². The highest BCUT2D eigenvalue weighted by Gasteiger charge is 2.30. The maximum atomic E-state index is 12.7. The second kappa shape index (κ2) is 7.17. The molecule has 3 heterocycles. The molecule has 3 rings (SSSR count). The third kappa shape index (κ3) is 3.58. The number of rotatable bonds is 5. The Balaban J connectivity index is 1.64. The lowest BCUT2D eigenvalue weighted by atomic mass is 10.2. The van der Waals surface area contributed by atoms with Gasteiger partial charge in [0.2, 0.25) is 0 Å². The minimum atomic E-state index is 0.0607. The number of amides is 2. The van der Waals surface area contributed by atoms with Crippen LogP contribution in [0.1, 0.15) is 42.9 Å². The molecule has 6 heteroatoms. The zero-order valence-corrected chi connectivity index (χ0v) is 14.6. The number of hydrogen-bond donors (Lipinski definition) is 1. The summed E-state index contributed by atoms with van der Waals surface area (Å²) in [5, 5.41) is 5.27. The first-order valence-corrected chi connectivity index (χ1v) is 9.15. The maximum Gasteiger partial charge on any atom is 0.318 e. The first kappa shape index (κ1) is 16.1. The molecule has 0 saturated carbocycles.